The lowest BCUT2D eigenvalue weighted by atomic mass is 10.1. The van der Waals surface area contributed by atoms with Crippen molar-refractivity contribution in [1.82, 2.24) is 19.2 Å². The van der Waals surface area contributed by atoms with Gasteiger partial charge in [-0.3, -0.25) is 9.78 Å². The molecule has 0 N–H and O–H groups in total. The largest absolute Gasteiger partial charge is 0.340 e. The van der Waals surface area contributed by atoms with Crippen LogP contribution in [0.2, 0.25) is 0 Å². The van der Waals surface area contributed by atoms with E-state index in [0.717, 1.165) is 41.1 Å². The van der Waals surface area contributed by atoms with Gasteiger partial charge in [0.05, 0.1) is 17.0 Å². The summed E-state index contributed by atoms with van der Waals surface area (Å²) in [5.74, 6) is -0.0254. The van der Waals surface area contributed by atoms with E-state index < -0.39 is 10.0 Å². The molecule has 5 rings (SSSR count). The number of rotatable bonds is 5. The lowest BCUT2D eigenvalue weighted by molar-refractivity contribution is -0.131. The molecule has 32 heavy (non-hydrogen) atoms. The minimum atomic E-state index is -3.54. The van der Waals surface area contributed by atoms with Crippen LogP contribution in [0.1, 0.15) is 23.2 Å². The molecule has 7 nitrogen and oxygen atoms in total. The Balaban J connectivity index is 1.20. The molecule has 1 aliphatic carbocycles. The second-order valence-electron chi connectivity index (χ2n) is 8.13. The van der Waals surface area contributed by atoms with Crippen molar-refractivity contribution < 1.29 is 13.2 Å². The first kappa shape index (κ1) is 21.2. The van der Waals surface area contributed by atoms with Crippen molar-refractivity contribution in [3.05, 3.63) is 64.9 Å². The van der Waals surface area contributed by atoms with E-state index in [1.807, 2.05) is 29.6 Å². The first-order valence-corrected chi connectivity index (χ1v) is 13.1. The molecule has 3 heterocycles. The second-order valence-corrected chi connectivity index (χ2v) is 10.9. The van der Waals surface area contributed by atoms with Gasteiger partial charge in [-0.15, -0.1) is 11.3 Å². The fourth-order valence-electron chi connectivity index (χ4n) is 4.31. The number of aryl methyl sites for hydroxylation is 2. The third-order valence-electron chi connectivity index (χ3n) is 6.09. The van der Waals surface area contributed by atoms with E-state index in [9.17, 15) is 13.2 Å². The van der Waals surface area contributed by atoms with Crippen molar-refractivity contribution in [1.29, 1.82) is 0 Å². The zero-order valence-corrected chi connectivity index (χ0v) is 19.2. The van der Waals surface area contributed by atoms with E-state index in [1.165, 1.54) is 21.2 Å². The van der Waals surface area contributed by atoms with Crippen molar-refractivity contribution in [2.75, 3.05) is 26.2 Å². The first-order valence-electron chi connectivity index (χ1n) is 10.8. The van der Waals surface area contributed by atoms with Crippen molar-refractivity contribution in [2.45, 2.75) is 30.6 Å². The Labute approximate surface area is 191 Å². The molecule has 0 unspecified atom stereocenters. The van der Waals surface area contributed by atoms with E-state index in [-0.39, 0.29) is 12.3 Å². The molecule has 0 radical (unpaired) electrons. The summed E-state index contributed by atoms with van der Waals surface area (Å²) >= 11 is 1.49. The highest BCUT2D eigenvalue weighted by molar-refractivity contribution is 7.89. The van der Waals surface area contributed by atoms with Gasteiger partial charge in [0.15, 0.2) is 0 Å². The Kier molecular flexibility index (Phi) is 5.79. The SMILES string of the molecule is O=C(Cc1csc(-c2cccnc2)n1)N1CCN(S(=O)(=O)c2ccc3c(c2)CCC3)CC1. The molecule has 0 spiro atoms. The van der Waals surface area contributed by atoms with Gasteiger partial charge < -0.3 is 4.90 Å². The Hall–Kier alpha value is -2.62. The molecule has 1 saturated heterocycles. The summed E-state index contributed by atoms with van der Waals surface area (Å²) in [6.45, 7) is 1.40. The van der Waals surface area contributed by atoms with Crippen LogP contribution in [-0.2, 0) is 34.1 Å². The summed E-state index contributed by atoms with van der Waals surface area (Å²) in [6.07, 6.45) is 6.74. The molecule has 1 amide bonds. The van der Waals surface area contributed by atoms with Crippen LogP contribution in [-0.4, -0.2) is 59.7 Å². The minimum Gasteiger partial charge on any atom is -0.340 e. The van der Waals surface area contributed by atoms with Gasteiger partial charge >= 0.3 is 0 Å². The first-order chi connectivity index (χ1) is 15.5. The normalized spacial score (nSPS) is 16.8. The number of fused-ring (bicyclic) bond motifs is 1. The summed E-state index contributed by atoms with van der Waals surface area (Å²) in [7, 11) is -3.54. The highest BCUT2D eigenvalue weighted by Crippen LogP contribution is 2.27. The highest BCUT2D eigenvalue weighted by atomic mass is 32.2. The monoisotopic (exact) mass is 468 g/mol. The van der Waals surface area contributed by atoms with Crippen molar-refractivity contribution in [3.63, 3.8) is 0 Å². The number of hydrogen-bond acceptors (Lipinski definition) is 6. The van der Waals surface area contributed by atoms with Gasteiger partial charge in [0.25, 0.3) is 0 Å². The predicted molar refractivity (Wildman–Crippen MR) is 123 cm³/mol. The van der Waals surface area contributed by atoms with E-state index >= 15 is 0 Å². The number of aromatic nitrogens is 2. The van der Waals surface area contributed by atoms with Crippen LogP contribution in [0.5, 0.6) is 0 Å². The molecular weight excluding hydrogens is 444 g/mol. The maximum Gasteiger partial charge on any atom is 0.243 e. The van der Waals surface area contributed by atoms with Gasteiger partial charge in [0, 0.05) is 49.5 Å². The van der Waals surface area contributed by atoms with Crippen LogP contribution in [0.4, 0.5) is 0 Å². The number of sulfonamides is 1. The maximum atomic E-state index is 13.1. The van der Waals surface area contributed by atoms with Gasteiger partial charge in [0.2, 0.25) is 15.9 Å². The zero-order chi connectivity index (χ0) is 22.1. The van der Waals surface area contributed by atoms with Crippen molar-refractivity contribution >= 4 is 27.3 Å². The molecule has 0 atom stereocenters. The Morgan fingerprint density at radius 3 is 2.66 bits per heavy atom. The lowest BCUT2D eigenvalue weighted by Gasteiger charge is -2.34. The molecule has 1 aliphatic heterocycles. The average Bonchev–Trinajstić information content (AvgIpc) is 3.49. The van der Waals surface area contributed by atoms with E-state index in [4.69, 9.17) is 0 Å². The second kappa shape index (κ2) is 8.73. The fraction of sp³-hybridized carbons (Fsp3) is 0.348. The average molecular weight is 469 g/mol. The summed E-state index contributed by atoms with van der Waals surface area (Å²) in [5, 5.41) is 2.74. The number of thiazole rings is 1. The predicted octanol–water partition coefficient (Wildman–Crippen LogP) is 2.77. The van der Waals surface area contributed by atoms with Crippen LogP contribution in [0.3, 0.4) is 0 Å². The van der Waals surface area contributed by atoms with Gasteiger partial charge in [-0.2, -0.15) is 4.31 Å². The Morgan fingerprint density at radius 1 is 1.06 bits per heavy atom. The molecular formula is C23H24N4O3S2. The molecule has 2 aromatic heterocycles. The maximum absolute atomic E-state index is 13.1. The number of benzene rings is 1. The number of pyridine rings is 1. The van der Waals surface area contributed by atoms with Gasteiger partial charge in [-0.1, -0.05) is 6.07 Å². The van der Waals surface area contributed by atoms with Crippen LogP contribution < -0.4 is 0 Å². The Morgan fingerprint density at radius 2 is 1.88 bits per heavy atom. The van der Waals surface area contributed by atoms with E-state index in [0.29, 0.717) is 31.1 Å². The van der Waals surface area contributed by atoms with E-state index in [1.54, 1.807) is 23.4 Å². The van der Waals surface area contributed by atoms with Crippen LogP contribution >= 0.6 is 11.3 Å². The summed E-state index contributed by atoms with van der Waals surface area (Å²) in [6, 6.07) is 9.30. The molecule has 2 aliphatic rings. The molecule has 1 fully saturated rings. The van der Waals surface area contributed by atoms with Crippen LogP contribution in [0.15, 0.2) is 53.0 Å². The fourth-order valence-corrected chi connectivity index (χ4v) is 6.60. The smallest absolute Gasteiger partial charge is 0.243 e. The quantitative estimate of drug-likeness (QED) is 0.575. The molecule has 9 heteroatoms. The van der Waals surface area contributed by atoms with Gasteiger partial charge in [-0.05, 0) is 54.7 Å². The van der Waals surface area contributed by atoms with Crippen molar-refractivity contribution in [3.8, 4) is 10.6 Å². The molecule has 3 aromatic rings. The summed E-state index contributed by atoms with van der Waals surface area (Å²) in [5.41, 5.74) is 4.07. The third kappa shape index (κ3) is 4.20. The number of carbonyl (C=O) groups is 1. The van der Waals surface area contributed by atoms with E-state index in [2.05, 4.69) is 9.97 Å². The summed E-state index contributed by atoms with van der Waals surface area (Å²) < 4.78 is 27.7. The molecule has 0 bridgehead atoms. The van der Waals surface area contributed by atoms with Gasteiger partial charge in [-0.25, -0.2) is 13.4 Å². The number of carbonyl (C=O) groups excluding carboxylic acids is 1. The minimum absolute atomic E-state index is 0.0254. The third-order valence-corrected chi connectivity index (χ3v) is 8.93. The van der Waals surface area contributed by atoms with Crippen molar-refractivity contribution in [2.24, 2.45) is 0 Å². The number of amides is 1. The molecule has 166 valence electrons. The van der Waals surface area contributed by atoms with Crippen LogP contribution in [0, 0.1) is 0 Å². The highest BCUT2D eigenvalue weighted by Gasteiger charge is 2.31. The number of hydrogen-bond donors (Lipinski definition) is 0. The van der Waals surface area contributed by atoms with Gasteiger partial charge in [0.1, 0.15) is 5.01 Å². The van der Waals surface area contributed by atoms with Crippen LogP contribution in [0.25, 0.3) is 10.6 Å². The lowest BCUT2D eigenvalue weighted by Crippen LogP contribution is -2.50. The number of piperazine rings is 1. The molecule has 0 saturated carbocycles. The zero-order valence-electron chi connectivity index (χ0n) is 17.6. The number of nitrogens with zero attached hydrogens (tertiary/aromatic N) is 4. The molecule has 1 aromatic carbocycles. The standard InChI is InChI=1S/C23H24N4O3S2/c28-22(14-20-16-31-23(25-20)19-5-2-8-24-15-19)26-9-11-27(12-10-26)32(29,30)21-7-6-17-3-1-4-18(17)13-21/h2,5-8,13,15-16H,1,3-4,9-12,14H2. The summed E-state index contributed by atoms with van der Waals surface area (Å²) in [4.78, 5) is 23.5. The Bertz CT molecular complexity index is 1230. The topological polar surface area (TPSA) is 83.5 Å².